The van der Waals surface area contributed by atoms with Crippen LogP contribution in [-0.4, -0.2) is 30.7 Å². The number of alkyl halides is 3. The van der Waals surface area contributed by atoms with Crippen molar-refractivity contribution in [2.75, 3.05) is 6.54 Å². The van der Waals surface area contributed by atoms with Crippen LogP contribution in [0.4, 0.5) is 13.2 Å². The average Bonchev–Trinajstić information content (AvgIpc) is 2.81. The van der Waals surface area contributed by atoms with Crippen LogP contribution in [-0.2, 0) is 4.79 Å². The first-order valence-electron chi connectivity index (χ1n) is 7.04. The Morgan fingerprint density at radius 3 is 2.37 bits per heavy atom. The number of nitrogens with one attached hydrogen (secondary N) is 2. The second-order valence-corrected chi connectivity index (χ2v) is 5.70. The minimum atomic E-state index is -4.18. The van der Waals surface area contributed by atoms with Crippen LogP contribution in [0.5, 0.6) is 0 Å². The van der Waals surface area contributed by atoms with Crippen molar-refractivity contribution in [1.82, 2.24) is 10.6 Å². The molecule has 1 saturated carbocycles. The Bertz CT molecular complexity index is 306. The van der Waals surface area contributed by atoms with Crippen LogP contribution in [0.15, 0.2) is 0 Å². The summed E-state index contributed by atoms with van der Waals surface area (Å²) in [5, 5.41) is 5.32. The van der Waals surface area contributed by atoms with Gasteiger partial charge in [-0.15, -0.1) is 0 Å². The number of carbonyl (C=O) groups excluding carboxylic acids is 1. The van der Waals surface area contributed by atoms with Crippen LogP contribution in [0.3, 0.4) is 0 Å². The van der Waals surface area contributed by atoms with Crippen LogP contribution in [0.25, 0.3) is 0 Å². The number of carbonyl (C=O) groups is 1. The first-order chi connectivity index (χ1) is 8.95. The molecule has 1 heterocycles. The predicted octanol–water partition coefficient (Wildman–Crippen LogP) is 2.37. The van der Waals surface area contributed by atoms with E-state index in [1.165, 1.54) is 12.8 Å². The maximum Gasteiger partial charge on any atom is 0.403 e. The molecule has 2 N–H and O–H groups in total. The van der Waals surface area contributed by atoms with E-state index in [2.05, 4.69) is 10.6 Å². The van der Waals surface area contributed by atoms with Crippen molar-refractivity contribution in [2.45, 2.75) is 63.2 Å². The Morgan fingerprint density at radius 2 is 1.84 bits per heavy atom. The fourth-order valence-electron chi connectivity index (χ4n) is 3.02. The van der Waals surface area contributed by atoms with Gasteiger partial charge in [-0.1, -0.05) is 12.8 Å². The molecule has 2 rings (SSSR count). The second-order valence-electron chi connectivity index (χ2n) is 5.70. The summed E-state index contributed by atoms with van der Waals surface area (Å²) in [5.74, 6) is 0.462. The third kappa shape index (κ3) is 4.37. The van der Waals surface area contributed by atoms with Crippen LogP contribution in [0.2, 0.25) is 0 Å². The van der Waals surface area contributed by atoms with Gasteiger partial charge in [0, 0.05) is 19.0 Å². The molecule has 0 aromatic heterocycles. The van der Waals surface area contributed by atoms with E-state index in [4.69, 9.17) is 0 Å². The zero-order valence-electron chi connectivity index (χ0n) is 10.9. The summed E-state index contributed by atoms with van der Waals surface area (Å²) in [6.45, 7) is 0.209. The van der Waals surface area contributed by atoms with Gasteiger partial charge in [0.1, 0.15) is 6.04 Å². The molecule has 0 aromatic carbocycles. The fourth-order valence-corrected chi connectivity index (χ4v) is 3.02. The fraction of sp³-hybridized carbons (Fsp3) is 0.923. The molecule has 2 fully saturated rings. The minimum Gasteiger partial charge on any atom is -0.352 e. The number of hydrogen-bond acceptors (Lipinski definition) is 2. The third-order valence-electron chi connectivity index (χ3n) is 4.12. The van der Waals surface area contributed by atoms with Crippen molar-refractivity contribution in [3.05, 3.63) is 0 Å². The Kier molecular flexibility index (Phi) is 4.71. The molecule has 0 spiro atoms. The number of piperidine rings is 1. The third-order valence-corrected chi connectivity index (χ3v) is 4.12. The summed E-state index contributed by atoms with van der Waals surface area (Å²) in [4.78, 5) is 11.8. The van der Waals surface area contributed by atoms with E-state index in [1.54, 1.807) is 0 Å². The molecule has 6 heteroatoms. The molecule has 0 bridgehead atoms. The van der Waals surface area contributed by atoms with Gasteiger partial charge in [0.2, 0.25) is 5.91 Å². The van der Waals surface area contributed by atoms with Crippen molar-refractivity contribution >= 4 is 5.91 Å². The lowest BCUT2D eigenvalue weighted by atomic mass is 9.99. The molecule has 110 valence electrons. The van der Waals surface area contributed by atoms with Crippen molar-refractivity contribution in [3.8, 4) is 0 Å². The van der Waals surface area contributed by atoms with Crippen molar-refractivity contribution in [3.63, 3.8) is 0 Å². The van der Waals surface area contributed by atoms with Gasteiger partial charge in [-0.25, -0.2) is 0 Å². The van der Waals surface area contributed by atoms with Gasteiger partial charge in [-0.2, -0.15) is 13.2 Å². The van der Waals surface area contributed by atoms with Gasteiger partial charge < -0.3 is 10.6 Å². The molecule has 3 nitrogen and oxygen atoms in total. The lowest BCUT2D eigenvalue weighted by Gasteiger charge is -2.31. The molecule has 19 heavy (non-hydrogen) atoms. The molecule has 0 aromatic rings. The molecule has 1 saturated heterocycles. The predicted molar refractivity (Wildman–Crippen MR) is 65.6 cm³/mol. The van der Waals surface area contributed by atoms with E-state index in [9.17, 15) is 18.0 Å². The van der Waals surface area contributed by atoms with Crippen LogP contribution < -0.4 is 10.6 Å². The molecule has 1 amide bonds. The van der Waals surface area contributed by atoms with Gasteiger partial charge in [-0.05, 0) is 31.6 Å². The highest BCUT2D eigenvalue weighted by Gasteiger charge is 2.41. The molecule has 2 unspecified atom stereocenters. The number of hydrogen-bond donors (Lipinski definition) is 2. The van der Waals surface area contributed by atoms with Crippen LogP contribution in [0, 0.1) is 5.92 Å². The highest BCUT2D eigenvalue weighted by Crippen LogP contribution is 2.28. The summed E-state index contributed by atoms with van der Waals surface area (Å²) < 4.78 is 37.4. The van der Waals surface area contributed by atoms with Crippen LogP contribution in [0.1, 0.15) is 44.9 Å². The summed E-state index contributed by atoms with van der Waals surface area (Å²) in [5.41, 5.74) is 0. The molecule has 2 aliphatic rings. The first-order valence-corrected chi connectivity index (χ1v) is 7.04. The lowest BCUT2D eigenvalue weighted by Crippen LogP contribution is -2.54. The number of rotatable bonds is 3. The van der Waals surface area contributed by atoms with E-state index < -0.39 is 12.2 Å². The normalized spacial score (nSPS) is 29.4. The van der Waals surface area contributed by atoms with E-state index in [0.29, 0.717) is 18.8 Å². The highest BCUT2D eigenvalue weighted by molar-refractivity contribution is 5.76. The van der Waals surface area contributed by atoms with Crippen molar-refractivity contribution < 1.29 is 18.0 Å². The van der Waals surface area contributed by atoms with Gasteiger partial charge in [0.25, 0.3) is 0 Å². The smallest absolute Gasteiger partial charge is 0.352 e. The van der Waals surface area contributed by atoms with Crippen molar-refractivity contribution in [1.29, 1.82) is 0 Å². The standard InChI is InChI=1S/C13H21F3N2O/c14-13(15,16)11-6-5-10(8-17-11)18-12(19)7-9-3-1-2-4-9/h9-11,17H,1-8H2,(H,18,19). The monoisotopic (exact) mass is 278 g/mol. The van der Waals surface area contributed by atoms with E-state index >= 15 is 0 Å². The SMILES string of the molecule is O=C(CC1CCCC1)NC1CCC(C(F)(F)F)NC1. The first kappa shape index (κ1) is 14.6. The molecule has 1 aliphatic carbocycles. The lowest BCUT2D eigenvalue weighted by molar-refractivity contribution is -0.161. The Morgan fingerprint density at radius 1 is 1.16 bits per heavy atom. The highest BCUT2D eigenvalue weighted by atomic mass is 19.4. The summed E-state index contributed by atoms with van der Waals surface area (Å²) in [7, 11) is 0. The zero-order chi connectivity index (χ0) is 13.9. The van der Waals surface area contributed by atoms with E-state index in [-0.39, 0.29) is 24.9 Å². The van der Waals surface area contributed by atoms with E-state index in [1.807, 2.05) is 0 Å². The molecule has 2 atom stereocenters. The quantitative estimate of drug-likeness (QED) is 0.832. The molecular weight excluding hydrogens is 257 g/mol. The maximum atomic E-state index is 12.5. The average molecular weight is 278 g/mol. The molecular formula is C13H21F3N2O. The number of halogens is 3. The maximum absolute atomic E-state index is 12.5. The van der Waals surface area contributed by atoms with Crippen LogP contribution >= 0.6 is 0 Å². The van der Waals surface area contributed by atoms with Crippen molar-refractivity contribution in [2.24, 2.45) is 5.92 Å². The number of amides is 1. The zero-order valence-corrected chi connectivity index (χ0v) is 10.9. The summed E-state index contributed by atoms with van der Waals surface area (Å²) >= 11 is 0. The van der Waals surface area contributed by atoms with Gasteiger partial charge >= 0.3 is 6.18 Å². The second kappa shape index (κ2) is 6.11. The molecule has 1 aliphatic heterocycles. The van der Waals surface area contributed by atoms with E-state index in [0.717, 1.165) is 12.8 Å². The molecule has 0 radical (unpaired) electrons. The Hall–Kier alpha value is -0.780. The summed E-state index contributed by atoms with van der Waals surface area (Å²) in [6.07, 6.45) is 1.37. The summed E-state index contributed by atoms with van der Waals surface area (Å²) in [6, 6.07) is -1.58. The minimum absolute atomic E-state index is 0.0100. The largest absolute Gasteiger partial charge is 0.403 e. The Labute approximate surface area is 111 Å². The topological polar surface area (TPSA) is 41.1 Å². The van der Waals surface area contributed by atoms with Gasteiger partial charge in [0.05, 0.1) is 0 Å². The van der Waals surface area contributed by atoms with Gasteiger partial charge in [0.15, 0.2) is 0 Å². The van der Waals surface area contributed by atoms with Gasteiger partial charge in [-0.3, -0.25) is 4.79 Å². The Balaban J connectivity index is 1.68.